The molecule has 4 heteroatoms. The lowest BCUT2D eigenvalue weighted by Gasteiger charge is -2.26. The van der Waals surface area contributed by atoms with Crippen LogP contribution in [0.25, 0.3) is 0 Å². The standard InChI is InChI=1S/C15H28N2O.ClH/c1-12-2-4-13(5-3-12)11-17-15(18)7-6-14-8-9-16-10-14;/h12-14,16H,2-11H2,1H3,(H,17,18);1H. The molecule has 2 rings (SSSR count). The highest BCUT2D eigenvalue weighted by atomic mass is 35.5. The molecule has 0 aromatic heterocycles. The molecule has 3 nitrogen and oxygen atoms in total. The molecule has 1 amide bonds. The molecule has 0 radical (unpaired) electrons. The van der Waals surface area contributed by atoms with E-state index in [0.717, 1.165) is 50.2 Å². The Labute approximate surface area is 123 Å². The zero-order valence-corrected chi connectivity index (χ0v) is 12.9. The summed E-state index contributed by atoms with van der Waals surface area (Å²) in [6.45, 7) is 5.49. The third kappa shape index (κ3) is 6.13. The number of carbonyl (C=O) groups is 1. The second-order valence-corrected chi connectivity index (χ2v) is 6.33. The van der Waals surface area contributed by atoms with Gasteiger partial charge in [0.2, 0.25) is 5.91 Å². The number of carbonyl (C=O) groups excluding carboxylic acids is 1. The number of rotatable bonds is 5. The van der Waals surface area contributed by atoms with E-state index in [9.17, 15) is 4.79 Å². The second-order valence-electron chi connectivity index (χ2n) is 6.33. The summed E-state index contributed by atoms with van der Waals surface area (Å²) in [6, 6.07) is 0. The van der Waals surface area contributed by atoms with Crippen molar-refractivity contribution in [3.05, 3.63) is 0 Å². The van der Waals surface area contributed by atoms with Gasteiger partial charge in [0.05, 0.1) is 0 Å². The van der Waals surface area contributed by atoms with Crippen molar-refractivity contribution in [3.63, 3.8) is 0 Å². The Kier molecular flexibility index (Phi) is 7.77. The highest BCUT2D eigenvalue weighted by molar-refractivity contribution is 5.85. The molecule has 1 aliphatic heterocycles. The maximum absolute atomic E-state index is 11.8. The van der Waals surface area contributed by atoms with Crippen LogP contribution in [0.15, 0.2) is 0 Å². The van der Waals surface area contributed by atoms with Crippen LogP contribution in [0.3, 0.4) is 0 Å². The van der Waals surface area contributed by atoms with Gasteiger partial charge in [0.15, 0.2) is 0 Å². The molecule has 2 aliphatic rings. The van der Waals surface area contributed by atoms with Crippen molar-refractivity contribution in [2.75, 3.05) is 19.6 Å². The average Bonchev–Trinajstić information content (AvgIpc) is 2.89. The number of halogens is 1. The summed E-state index contributed by atoms with van der Waals surface area (Å²) in [5.41, 5.74) is 0. The first kappa shape index (κ1) is 16.8. The van der Waals surface area contributed by atoms with Crippen LogP contribution in [0.2, 0.25) is 0 Å². The summed E-state index contributed by atoms with van der Waals surface area (Å²) in [4.78, 5) is 11.8. The van der Waals surface area contributed by atoms with Crippen LogP contribution in [0.4, 0.5) is 0 Å². The van der Waals surface area contributed by atoms with Gasteiger partial charge in [-0.3, -0.25) is 4.79 Å². The van der Waals surface area contributed by atoms with Crippen molar-refractivity contribution < 1.29 is 4.79 Å². The summed E-state index contributed by atoms with van der Waals surface area (Å²) >= 11 is 0. The van der Waals surface area contributed by atoms with E-state index in [1.807, 2.05) is 0 Å². The summed E-state index contributed by atoms with van der Waals surface area (Å²) in [7, 11) is 0. The lowest BCUT2D eigenvalue weighted by atomic mass is 9.83. The average molecular weight is 289 g/mol. The van der Waals surface area contributed by atoms with Crippen molar-refractivity contribution in [1.29, 1.82) is 0 Å². The fraction of sp³-hybridized carbons (Fsp3) is 0.933. The molecule has 19 heavy (non-hydrogen) atoms. The first-order chi connectivity index (χ1) is 8.74. The predicted molar refractivity (Wildman–Crippen MR) is 81.6 cm³/mol. The lowest BCUT2D eigenvalue weighted by molar-refractivity contribution is -0.121. The molecule has 0 bridgehead atoms. The van der Waals surface area contributed by atoms with Crippen LogP contribution in [-0.4, -0.2) is 25.5 Å². The quantitative estimate of drug-likeness (QED) is 0.817. The van der Waals surface area contributed by atoms with Crippen LogP contribution in [0, 0.1) is 17.8 Å². The summed E-state index contributed by atoms with van der Waals surface area (Å²) < 4.78 is 0. The van der Waals surface area contributed by atoms with Gasteiger partial charge >= 0.3 is 0 Å². The van der Waals surface area contributed by atoms with Gasteiger partial charge < -0.3 is 10.6 Å². The minimum Gasteiger partial charge on any atom is -0.356 e. The highest BCUT2D eigenvalue weighted by Crippen LogP contribution is 2.27. The van der Waals surface area contributed by atoms with Crippen molar-refractivity contribution in [3.8, 4) is 0 Å². The monoisotopic (exact) mass is 288 g/mol. The molecule has 1 atom stereocenters. The van der Waals surface area contributed by atoms with Crippen LogP contribution in [-0.2, 0) is 4.79 Å². The fourth-order valence-corrected chi connectivity index (χ4v) is 3.18. The Bertz CT molecular complexity index is 259. The summed E-state index contributed by atoms with van der Waals surface area (Å²) in [5, 5.41) is 6.48. The predicted octanol–water partition coefficient (Wildman–Crippen LogP) is 2.74. The smallest absolute Gasteiger partial charge is 0.220 e. The second kappa shape index (κ2) is 8.80. The molecular formula is C15H29ClN2O. The molecule has 0 aromatic carbocycles. The highest BCUT2D eigenvalue weighted by Gasteiger charge is 2.19. The van der Waals surface area contributed by atoms with Crippen LogP contribution in [0.1, 0.15) is 51.9 Å². The first-order valence-electron chi connectivity index (χ1n) is 7.71. The van der Waals surface area contributed by atoms with Crippen molar-refractivity contribution in [2.24, 2.45) is 17.8 Å². The van der Waals surface area contributed by atoms with Gasteiger partial charge in [-0.2, -0.15) is 0 Å². The maximum atomic E-state index is 11.8. The molecule has 1 aliphatic carbocycles. The van der Waals surface area contributed by atoms with Crippen LogP contribution >= 0.6 is 12.4 Å². The van der Waals surface area contributed by atoms with E-state index >= 15 is 0 Å². The van der Waals surface area contributed by atoms with E-state index in [-0.39, 0.29) is 18.3 Å². The van der Waals surface area contributed by atoms with Gasteiger partial charge in [-0.1, -0.05) is 19.8 Å². The number of hydrogen-bond acceptors (Lipinski definition) is 2. The van der Waals surface area contributed by atoms with E-state index in [0.29, 0.717) is 0 Å². The Morgan fingerprint density at radius 1 is 1.16 bits per heavy atom. The Hall–Kier alpha value is -0.280. The van der Waals surface area contributed by atoms with E-state index in [1.54, 1.807) is 0 Å². The molecule has 1 saturated heterocycles. The van der Waals surface area contributed by atoms with E-state index in [2.05, 4.69) is 17.6 Å². The topological polar surface area (TPSA) is 41.1 Å². The lowest BCUT2D eigenvalue weighted by Crippen LogP contribution is -2.31. The summed E-state index contributed by atoms with van der Waals surface area (Å²) in [6.07, 6.45) is 8.30. The van der Waals surface area contributed by atoms with E-state index in [1.165, 1.54) is 32.1 Å². The largest absolute Gasteiger partial charge is 0.356 e. The Morgan fingerprint density at radius 3 is 2.53 bits per heavy atom. The van der Waals surface area contributed by atoms with E-state index in [4.69, 9.17) is 0 Å². The van der Waals surface area contributed by atoms with Gasteiger partial charge in [-0.05, 0) is 56.5 Å². The molecule has 0 aromatic rings. The fourth-order valence-electron chi connectivity index (χ4n) is 3.18. The van der Waals surface area contributed by atoms with Gasteiger partial charge in [0.1, 0.15) is 0 Å². The third-order valence-corrected chi connectivity index (χ3v) is 4.67. The zero-order valence-electron chi connectivity index (χ0n) is 12.1. The Balaban J connectivity index is 0.00000180. The van der Waals surface area contributed by atoms with Gasteiger partial charge in [0, 0.05) is 13.0 Å². The van der Waals surface area contributed by atoms with Crippen LogP contribution in [0.5, 0.6) is 0 Å². The number of nitrogens with one attached hydrogen (secondary N) is 2. The van der Waals surface area contributed by atoms with Crippen molar-refractivity contribution in [2.45, 2.75) is 51.9 Å². The molecule has 1 unspecified atom stereocenters. The Morgan fingerprint density at radius 2 is 1.89 bits per heavy atom. The molecule has 0 spiro atoms. The van der Waals surface area contributed by atoms with Crippen LogP contribution < -0.4 is 10.6 Å². The summed E-state index contributed by atoms with van der Waals surface area (Å²) in [5.74, 6) is 2.62. The first-order valence-corrected chi connectivity index (χ1v) is 7.71. The molecule has 112 valence electrons. The zero-order chi connectivity index (χ0) is 12.8. The maximum Gasteiger partial charge on any atom is 0.220 e. The molecule has 2 N–H and O–H groups in total. The molecule has 1 heterocycles. The molecule has 1 saturated carbocycles. The molecule has 2 fully saturated rings. The van der Waals surface area contributed by atoms with Gasteiger partial charge in [-0.15, -0.1) is 12.4 Å². The van der Waals surface area contributed by atoms with Gasteiger partial charge in [-0.25, -0.2) is 0 Å². The van der Waals surface area contributed by atoms with Gasteiger partial charge in [0.25, 0.3) is 0 Å². The normalized spacial score (nSPS) is 30.7. The minimum atomic E-state index is 0. The number of amides is 1. The van der Waals surface area contributed by atoms with Crippen molar-refractivity contribution in [1.82, 2.24) is 10.6 Å². The number of hydrogen-bond donors (Lipinski definition) is 2. The van der Waals surface area contributed by atoms with E-state index < -0.39 is 0 Å². The SMILES string of the molecule is CC1CCC(CNC(=O)CCC2CCNC2)CC1.Cl. The minimum absolute atomic E-state index is 0. The third-order valence-electron chi connectivity index (χ3n) is 4.67. The molecular weight excluding hydrogens is 260 g/mol. The van der Waals surface area contributed by atoms with Crippen molar-refractivity contribution >= 4 is 18.3 Å².